The highest BCUT2D eigenvalue weighted by Crippen LogP contribution is 2.27. The van der Waals surface area contributed by atoms with Crippen LogP contribution in [0.4, 0.5) is 0 Å². The Hall–Kier alpha value is -1.92. The van der Waals surface area contributed by atoms with Crippen molar-refractivity contribution in [1.82, 2.24) is 0 Å². The van der Waals surface area contributed by atoms with Gasteiger partial charge in [0.1, 0.15) is 13.2 Å². The first-order valence-corrected chi connectivity index (χ1v) is 14.6. The molecule has 192 valence electrons. The molecule has 0 aromatic heterocycles. The summed E-state index contributed by atoms with van der Waals surface area (Å²) in [5, 5.41) is 0. The number of esters is 2. The van der Waals surface area contributed by atoms with Gasteiger partial charge in [-0.1, -0.05) is 60.7 Å². The fraction of sp³-hybridized carbons (Fsp3) is 0.517. The number of rotatable bonds is 16. The standard InChI is InChI=1S/C29H40O4S2/c1-28(2,26(30)32-22-24-12-7-5-8-13-24)16-20-34-18-11-19-35-21-17-29(3,4)27(31)33-23-25-14-9-6-10-15-25/h5-10,12-15H,11,16-23H2,1-4H3. The van der Waals surface area contributed by atoms with Crippen molar-refractivity contribution in [3.05, 3.63) is 71.8 Å². The van der Waals surface area contributed by atoms with Crippen LogP contribution in [0.2, 0.25) is 0 Å². The zero-order valence-corrected chi connectivity index (χ0v) is 23.2. The van der Waals surface area contributed by atoms with E-state index in [9.17, 15) is 9.59 Å². The Morgan fingerprint density at radius 1 is 0.629 bits per heavy atom. The molecule has 0 bridgehead atoms. The van der Waals surface area contributed by atoms with Gasteiger partial charge in [-0.3, -0.25) is 9.59 Å². The monoisotopic (exact) mass is 516 g/mol. The molecule has 0 heterocycles. The molecule has 0 aliphatic rings. The molecule has 2 aromatic rings. The summed E-state index contributed by atoms with van der Waals surface area (Å²) in [5.41, 5.74) is 1.07. The van der Waals surface area contributed by atoms with E-state index in [4.69, 9.17) is 9.47 Å². The van der Waals surface area contributed by atoms with Gasteiger partial charge in [0.05, 0.1) is 10.8 Å². The van der Waals surface area contributed by atoms with Gasteiger partial charge in [-0.15, -0.1) is 0 Å². The summed E-state index contributed by atoms with van der Waals surface area (Å²) in [5.74, 6) is 3.76. The predicted molar refractivity (Wildman–Crippen MR) is 149 cm³/mol. The number of carbonyl (C=O) groups excluding carboxylic acids is 2. The number of carbonyl (C=O) groups is 2. The molecule has 0 spiro atoms. The van der Waals surface area contributed by atoms with Crippen LogP contribution in [-0.4, -0.2) is 35.0 Å². The molecule has 0 N–H and O–H groups in total. The molecule has 6 heteroatoms. The topological polar surface area (TPSA) is 52.6 Å². The first-order chi connectivity index (χ1) is 16.7. The van der Waals surface area contributed by atoms with Crippen molar-refractivity contribution < 1.29 is 19.1 Å². The number of hydrogen-bond acceptors (Lipinski definition) is 6. The maximum Gasteiger partial charge on any atom is 0.311 e. The van der Waals surface area contributed by atoms with Gasteiger partial charge in [0.25, 0.3) is 0 Å². The van der Waals surface area contributed by atoms with Crippen molar-refractivity contribution in [3.8, 4) is 0 Å². The lowest BCUT2D eigenvalue weighted by Crippen LogP contribution is -2.27. The van der Waals surface area contributed by atoms with Gasteiger partial charge in [-0.05, 0) is 81.1 Å². The highest BCUT2D eigenvalue weighted by atomic mass is 32.2. The lowest BCUT2D eigenvalue weighted by Gasteiger charge is -2.22. The minimum absolute atomic E-state index is 0.137. The summed E-state index contributed by atoms with van der Waals surface area (Å²) in [6.07, 6.45) is 2.72. The van der Waals surface area contributed by atoms with Crippen molar-refractivity contribution in [3.63, 3.8) is 0 Å². The van der Waals surface area contributed by atoms with Crippen LogP contribution >= 0.6 is 23.5 Å². The number of hydrogen-bond donors (Lipinski definition) is 0. The third-order valence-electron chi connectivity index (χ3n) is 5.85. The summed E-state index contributed by atoms with van der Waals surface area (Å²) in [6.45, 7) is 8.50. The maximum absolute atomic E-state index is 12.5. The number of ether oxygens (including phenoxy) is 2. The van der Waals surface area contributed by atoms with Crippen LogP contribution in [0.3, 0.4) is 0 Å². The Labute approximate surface area is 219 Å². The van der Waals surface area contributed by atoms with E-state index in [0.717, 1.165) is 53.4 Å². The van der Waals surface area contributed by atoms with Gasteiger partial charge in [-0.2, -0.15) is 23.5 Å². The lowest BCUT2D eigenvalue weighted by molar-refractivity contribution is -0.156. The van der Waals surface area contributed by atoms with E-state index in [-0.39, 0.29) is 11.9 Å². The molecule has 0 amide bonds. The first kappa shape index (κ1) is 29.3. The summed E-state index contributed by atoms with van der Waals surface area (Å²) in [6, 6.07) is 19.6. The fourth-order valence-electron chi connectivity index (χ4n) is 3.16. The van der Waals surface area contributed by atoms with E-state index in [2.05, 4.69) is 0 Å². The quantitative estimate of drug-likeness (QED) is 0.174. The summed E-state index contributed by atoms with van der Waals surface area (Å²) < 4.78 is 11.0. The lowest BCUT2D eigenvalue weighted by atomic mass is 9.90. The third-order valence-corrected chi connectivity index (χ3v) is 7.99. The molecule has 0 aliphatic carbocycles. The molecule has 2 aromatic carbocycles. The fourth-order valence-corrected chi connectivity index (χ4v) is 5.76. The molecule has 0 saturated heterocycles. The van der Waals surface area contributed by atoms with Crippen LogP contribution in [0.1, 0.15) is 58.1 Å². The van der Waals surface area contributed by atoms with E-state index in [1.54, 1.807) is 0 Å². The van der Waals surface area contributed by atoms with Gasteiger partial charge < -0.3 is 9.47 Å². The first-order valence-electron chi connectivity index (χ1n) is 12.3. The van der Waals surface area contributed by atoms with Crippen LogP contribution in [-0.2, 0) is 32.3 Å². The van der Waals surface area contributed by atoms with Crippen molar-refractivity contribution in [2.45, 2.75) is 60.2 Å². The summed E-state index contributed by atoms with van der Waals surface area (Å²) in [4.78, 5) is 24.9. The Balaban J connectivity index is 1.50. The Bertz CT molecular complexity index is 809. The van der Waals surface area contributed by atoms with Crippen molar-refractivity contribution in [1.29, 1.82) is 0 Å². The van der Waals surface area contributed by atoms with Gasteiger partial charge in [0, 0.05) is 0 Å². The van der Waals surface area contributed by atoms with Crippen LogP contribution < -0.4 is 0 Å². The minimum atomic E-state index is -0.475. The smallest absolute Gasteiger partial charge is 0.311 e. The SMILES string of the molecule is CC(C)(CCSCCCSCCC(C)(C)C(=O)OCc1ccccc1)C(=O)OCc1ccccc1. The molecule has 0 saturated carbocycles. The van der Waals surface area contributed by atoms with Gasteiger partial charge >= 0.3 is 11.9 Å². The Kier molecular flexibility index (Phi) is 12.8. The average Bonchev–Trinajstić information content (AvgIpc) is 2.85. The molecule has 0 radical (unpaired) electrons. The molecule has 4 nitrogen and oxygen atoms in total. The van der Waals surface area contributed by atoms with Gasteiger partial charge in [0.15, 0.2) is 0 Å². The second kappa shape index (κ2) is 15.2. The Morgan fingerprint density at radius 3 is 1.37 bits per heavy atom. The van der Waals surface area contributed by atoms with Gasteiger partial charge in [0.2, 0.25) is 0 Å². The van der Waals surface area contributed by atoms with Crippen molar-refractivity contribution in [2.75, 3.05) is 23.0 Å². The molecule has 35 heavy (non-hydrogen) atoms. The van der Waals surface area contributed by atoms with E-state index < -0.39 is 10.8 Å². The second-order valence-electron chi connectivity index (χ2n) is 9.97. The van der Waals surface area contributed by atoms with Crippen LogP contribution in [0, 0.1) is 10.8 Å². The van der Waals surface area contributed by atoms with E-state index in [1.165, 1.54) is 0 Å². The van der Waals surface area contributed by atoms with Crippen molar-refractivity contribution in [2.24, 2.45) is 10.8 Å². The predicted octanol–water partition coefficient (Wildman–Crippen LogP) is 7.16. The molecule has 0 atom stereocenters. The molecule has 0 aliphatic heterocycles. The summed E-state index contributed by atoms with van der Waals surface area (Å²) in [7, 11) is 0. The largest absolute Gasteiger partial charge is 0.460 e. The zero-order chi connectivity index (χ0) is 25.6. The third kappa shape index (κ3) is 11.6. The average molecular weight is 517 g/mol. The van der Waals surface area contributed by atoms with E-state index in [0.29, 0.717) is 13.2 Å². The number of thioether (sulfide) groups is 2. The normalized spacial score (nSPS) is 11.8. The van der Waals surface area contributed by atoms with Crippen LogP contribution in [0.5, 0.6) is 0 Å². The molecular weight excluding hydrogens is 476 g/mol. The van der Waals surface area contributed by atoms with Gasteiger partial charge in [-0.25, -0.2) is 0 Å². The van der Waals surface area contributed by atoms with Crippen LogP contribution in [0.25, 0.3) is 0 Å². The highest BCUT2D eigenvalue weighted by molar-refractivity contribution is 8.00. The summed E-state index contributed by atoms with van der Waals surface area (Å²) >= 11 is 3.78. The van der Waals surface area contributed by atoms with E-state index >= 15 is 0 Å². The molecule has 2 rings (SSSR count). The maximum atomic E-state index is 12.5. The molecule has 0 unspecified atom stereocenters. The van der Waals surface area contributed by atoms with E-state index in [1.807, 2.05) is 112 Å². The highest BCUT2D eigenvalue weighted by Gasteiger charge is 2.29. The Morgan fingerprint density at radius 2 is 1.00 bits per heavy atom. The molecule has 0 fully saturated rings. The van der Waals surface area contributed by atoms with Crippen molar-refractivity contribution >= 4 is 35.5 Å². The van der Waals surface area contributed by atoms with Crippen LogP contribution in [0.15, 0.2) is 60.7 Å². The second-order valence-corrected chi connectivity index (χ2v) is 12.4. The number of benzene rings is 2. The molecular formula is C29H40O4S2. The minimum Gasteiger partial charge on any atom is -0.460 e. The zero-order valence-electron chi connectivity index (χ0n) is 21.6.